The molecule has 29 heavy (non-hydrogen) atoms. The minimum absolute atomic E-state index is 0.000658. The van der Waals surface area contributed by atoms with E-state index in [1.54, 1.807) is 35.1 Å². The van der Waals surface area contributed by atoms with Crippen LogP contribution in [0.15, 0.2) is 60.9 Å². The second kappa shape index (κ2) is 9.25. The number of benzene rings is 2. The van der Waals surface area contributed by atoms with Crippen LogP contribution >= 0.6 is 11.6 Å². The van der Waals surface area contributed by atoms with Gasteiger partial charge in [0.05, 0.1) is 29.7 Å². The Morgan fingerprint density at radius 3 is 2.38 bits per heavy atom. The van der Waals surface area contributed by atoms with E-state index in [9.17, 15) is 9.59 Å². The number of nitrogens with one attached hydrogen (secondary N) is 3. The van der Waals surface area contributed by atoms with Crippen molar-refractivity contribution in [2.24, 2.45) is 0 Å². The van der Waals surface area contributed by atoms with E-state index in [4.69, 9.17) is 11.6 Å². The molecular formula is C21H22ClN5O2. The molecular weight excluding hydrogens is 390 g/mol. The van der Waals surface area contributed by atoms with Gasteiger partial charge in [0.15, 0.2) is 0 Å². The van der Waals surface area contributed by atoms with E-state index in [1.165, 1.54) is 6.20 Å². The Morgan fingerprint density at radius 1 is 1.03 bits per heavy atom. The Labute approximate surface area is 174 Å². The van der Waals surface area contributed by atoms with Gasteiger partial charge in [-0.25, -0.2) is 4.79 Å². The molecule has 2 aromatic carbocycles. The molecule has 0 atom stereocenters. The van der Waals surface area contributed by atoms with Crippen LogP contribution in [0.2, 0.25) is 5.02 Å². The number of hydrogen-bond acceptors (Lipinski definition) is 3. The molecule has 1 heterocycles. The Bertz CT molecular complexity index is 1020. The van der Waals surface area contributed by atoms with Crippen molar-refractivity contribution in [1.82, 2.24) is 15.1 Å². The Kier molecular flexibility index (Phi) is 6.51. The molecule has 0 spiro atoms. The zero-order valence-electron chi connectivity index (χ0n) is 16.1. The first-order valence-corrected chi connectivity index (χ1v) is 9.54. The summed E-state index contributed by atoms with van der Waals surface area (Å²) in [5.74, 6) is -0.325. The monoisotopic (exact) mass is 411 g/mol. The molecule has 0 saturated heterocycles. The average molecular weight is 412 g/mol. The third-order valence-corrected chi connectivity index (χ3v) is 4.40. The Morgan fingerprint density at radius 2 is 1.69 bits per heavy atom. The number of urea groups is 1. The van der Waals surface area contributed by atoms with Crippen molar-refractivity contribution in [1.29, 1.82) is 0 Å². The molecule has 0 fully saturated rings. The van der Waals surface area contributed by atoms with E-state index >= 15 is 0 Å². The molecule has 0 radical (unpaired) electrons. The average Bonchev–Trinajstić information content (AvgIpc) is 3.13. The summed E-state index contributed by atoms with van der Waals surface area (Å²) in [6.07, 6.45) is 3.15. The van der Waals surface area contributed by atoms with Gasteiger partial charge in [-0.15, -0.1) is 0 Å². The van der Waals surface area contributed by atoms with Gasteiger partial charge >= 0.3 is 6.03 Å². The lowest BCUT2D eigenvalue weighted by molar-refractivity contribution is 0.102. The van der Waals surface area contributed by atoms with E-state index in [-0.39, 0.29) is 18.0 Å². The molecule has 3 rings (SSSR count). The van der Waals surface area contributed by atoms with Crippen molar-refractivity contribution < 1.29 is 9.59 Å². The molecule has 3 amide bonds. The lowest BCUT2D eigenvalue weighted by atomic mass is 10.2. The number of para-hydroxylation sites is 2. The van der Waals surface area contributed by atoms with Gasteiger partial charge < -0.3 is 16.0 Å². The SMILES string of the molecule is CC(C)NC(=O)Nc1ccccc1NC(=O)c1cnn(Cc2ccccc2Cl)c1. The van der Waals surface area contributed by atoms with Crippen LogP contribution in [0.3, 0.4) is 0 Å². The summed E-state index contributed by atoms with van der Waals surface area (Å²) in [6.45, 7) is 4.20. The van der Waals surface area contributed by atoms with Crippen LogP contribution in [0, 0.1) is 0 Å². The highest BCUT2D eigenvalue weighted by molar-refractivity contribution is 6.31. The molecule has 7 nitrogen and oxygen atoms in total. The highest BCUT2D eigenvalue weighted by atomic mass is 35.5. The van der Waals surface area contributed by atoms with E-state index in [0.717, 1.165) is 5.56 Å². The summed E-state index contributed by atoms with van der Waals surface area (Å²) < 4.78 is 1.65. The number of carbonyl (C=O) groups excluding carboxylic acids is 2. The van der Waals surface area contributed by atoms with Crippen molar-refractivity contribution in [2.45, 2.75) is 26.4 Å². The van der Waals surface area contributed by atoms with Gasteiger partial charge in [0.2, 0.25) is 0 Å². The zero-order chi connectivity index (χ0) is 20.8. The fraction of sp³-hybridized carbons (Fsp3) is 0.190. The van der Waals surface area contributed by atoms with Crippen molar-refractivity contribution in [3.8, 4) is 0 Å². The van der Waals surface area contributed by atoms with Crippen molar-refractivity contribution in [3.63, 3.8) is 0 Å². The van der Waals surface area contributed by atoms with E-state index in [0.29, 0.717) is 28.5 Å². The van der Waals surface area contributed by atoms with Crippen LogP contribution in [-0.2, 0) is 6.54 Å². The lowest BCUT2D eigenvalue weighted by Gasteiger charge is -2.14. The molecule has 0 saturated carbocycles. The number of amides is 3. The summed E-state index contributed by atoms with van der Waals surface area (Å²) in [6, 6.07) is 14.1. The number of aromatic nitrogens is 2. The second-order valence-corrected chi connectivity index (χ2v) is 7.18. The maximum atomic E-state index is 12.6. The van der Waals surface area contributed by atoms with E-state index < -0.39 is 0 Å². The van der Waals surface area contributed by atoms with Crippen LogP contribution in [0.25, 0.3) is 0 Å². The molecule has 0 aliphatic carbocycles. The van der Waals surface area contributed by atoms with Crippen LogP contribution in [0.1, 0.15) is 29.8 Å². The fourth-order valence-electron chi connectivity index (χ4n) is 2.68. The third-order valence-electron chi connectivity index (χ3n) is 4.03. The standard InChI is InChI=1S/C21H22ClN5O2/c1-14(2)24-21(29)26-19-10-6-5-9-18(19)25-20(28)16-11-23-27(13-16)12-15-7-3-4-8-17(15)22/h3-11,13-14H,12H2,1-2H3,(H,25,28)(H2,24,26,29). The zero-order valence-corrected chi connectivity index (χ0v) is 16.9. The van der Waals surface area contributed by atoms with Crippen LogP contribution in [0.4, 0.5) is 16.2 Å². The summed E-state index contributed by atoms with van der Waals surface area (Å²) in [7, 11) is 0. The Balaban J connectivity index is 1.69. The highest BCUT2D eigenvalue weighted by Gasteiger charge is 2.13. The van der Waals surface area contributed by atoms with Crippen molar-refractivity contribution >= 4 is 34.9 Å². The van der Waals surface area contributed by atoms with Gasteiger partial charge in [-0.1, -0.05) is 41.9 Å². The van der Waals surface area contributed by atoms with Gasteiger partial charge in [0, 0.05) is 17.3 Å². The van der Waals surface area contributed by atoms with E-state index in [1.807, 2.05) is 38.1 Å². The van der Waals surface area contributed by atoms with Crippen LogP contribution in [-0.4, -0.2) is 27.8 Å². The predicted octanol–water partition coefficient (Wildman–Crippen LogP) is 4.37. The molecule has 3 N–H and O–H groups in total. The molecule has 0 aliphatic heterocycles. The predicted molar refractivity (Wildman–Crippen MR) is 114 cm³/mol. The normalized spacial score (nSPS) is 10.6. The van der Waals surface area contributed by atoms with Gasteiger partial charge in [0.1, 0.15) is 0 Å². The molecule has 0 bridgehead atoms. The topological polar surface area (TPSA) is 88.1 Å². The quantitative estimate of drug-likeness (QED) is 0.562. The number of rotatable bonds is 6. The van der Waals surface area contributed by atoms with Crippen LogP contribution in [0.5, 0.6) is 0 Å². The minimum atomic E-state index is -0.339. The first-order chi connectivity index (χ1) is 13.9. The smallest absolute Gasteiger partial charge is 0.319 e. The molecule has 3 aromatic rings. The number of hydrogen-bond donors (Lipinski definition) is 3. The minimum Gasteiger partial charge on any atom is -0.336 e. The first-order valence-electron chi connectivity index (χ1n) is 9.16. The van der Waals surface area contributed by atoms with Crippen LogP contribution < -0.4 is 16.0 Å². The summed E-state index contributed by atoms with van der Waals surface area (Å²) >= 11 is 6.18. The third kappa shape index (κ3) is 5.58. The summed E-state index contributed by atoms with van der Waals surface area (Å²) in [5.41, 5.74) is 2.31. The number of nitrogens with zero attached hydrogens (tertiary/aromatic N) is 2. The van der Waals surface area contributed by atoms with Gasteiger partial charge in [-0.3, -0.25) is 9.48 Å². The first kappa shape index (κ1) is 20.4. The molecule has 8 heteroatoms. The molecule has 150 valence electrons. The number of anilines is 2. The largest absolute Gasteiger partial charge is 0.336 e. The summed E-state index contributed by atoms with van der Waals surface area (Å²) in [5, 5.41) is 13.2. The lowest BCUT2D eigenvalue weighted by Crippen LogP contribution is -2.34. The number of carbonyl (C=O) groups is 2. The highest BCUT2D eigenvalue weighted by Crippen LogP contribution is 2.22. The second-order valence-electron chi connectivity index (χ2n) is 6.77. The van der Waals surface area contributed by atoms with Crippen molar-refractivity contribution in [3.05, 3.63) is 77.1 Å². The molecule has 1 aromatic heterocycles. The Hall–Kier alpha value is -3.32. The summed E-state index contributed by atoms with van der Waals surface area (Å²) in [4.78, 5) is 24.6. The molecule has 0 aliphatic rings. The number of halogens is 1. The fourth-order valence-corrected chi connectivity index (χ4v) is 2.88. The van der Waals surface area contributed by atoms with Crippen molar-refractivity contribution in [2.75, 3.05) is 10.6 Å². The maximum Gasteiger partial charge on any atom is 0.319 e. The van der Waals surface area contributed by atoms with Gasteiger partial charge in [-0.05, 0) is 37.6 Å². The maximum absolute atomic E-state index is 12.6. The van der Waals surface area contributed by atoms with Gasteiger partial charge in [-0.2, -0.15) is 5.10 Å². The van der Waals surface area contributed by atoms with Gasteiger partial charge in [0.25, 0.3) is 5.91 Å². The molecule has 0 unspecified atom stereocenters. The van der Waals surface area contributed by atoms with E-state index in [2.05, 4.69) is 21.0 Å².